The maximum absolute atomic E-state index is 12.1. The summed E-state index contributed by atoms with van der Waals surface area (Å²) in [7, 11) is 0. The molecule has 0 saturated heterocycles. The Labute approximate surface area is 145 Å². The van der Waals surface area contributed by atoms with Crippen molar-refractivity contribution < 1.29 is 19.2 Å². The summed E-state index contributed by atoms with van der Waals surface area (Å²) in [5, 5.41) is 10.6. The minimum absolute atomic E-state index is 0.117. The highest BCUT2D eigenvalue weighted by Gasteiger charge is 2.14. The third-order valence-electron chi connectivity index (χ3n) is 4.06. The van der Waals surface area contributed by atoms with Crippen LogP contribution in [0.3, 0.4) is 0 Å². The van der Waals surface area contributed by atoms with Crippen LogP contribution in [0.25, 0.3) is 0 Å². The number of benzene rings is 2. The number of nitrogens with zero attached hydrogens (tertiary/aromatic N) is 1. The van der Waals surface area contributed by atoms with Crippen LogP contribution in [-0.2, 0) is 4.74 Å². The smallest absolute Gasteiger partial charge is 0.338 e. The maximum Gasteiger partial charge on any atom is 0.338 e. The average Bonchev–Trinajstić information content (AvgIpc) is 2.65. The summed E-state index contributed by atoms with van der Waals surface area (Å²) in [5.41, 5.74) is 1.67. The summed E-state index contributed by atoms with van der Waals surface area (Å²) in [6.07, 6.45) is 1.01. The molecule has 0 spiro atoms. The molecule has 0 aliphatic carbocycles. The van der Waals surface area contributed by atoms with E-state index in [9.17, 15) is 19.7 Å². The van der Waals surface area contributed by atoms with Gasteiger partial charge in [0.1, 0.15) is 0 Å². The maximum atomic E-state index is 12.1. The van der Waals surface area contributed by atoms with Crippen LogP contribution < -0.4 is 0 Å². The van der Waals surface area contributed by atoms with Gasteiger partial charge in [-0.15, -0.1) is 0 Å². The molecule has 25 heavy (non-hydrogen) atoms. The van der Waals surface area contributed by atoms with Crippen molar-refractivity contribution in [3.05, 3.63) is 75.3 Å². The molecule has 0 heterocycles. The van der Waals surface area contributed by atoms with Crippen LogP contribution in [0.1, 0.15) is 52.5 Å². The Hall–Kier alpha value is -3.02. The van der Waals surface area contributed by atoms with Crippen molar-refractivity contribution in [3.63, 3.8) is 0 Å². The van der Waals surface area contributed by atoms with E-state index in [4.69, 9.17) is 4.74 Å². The first kappa shape index (κ1) is 18.3. The molecule has 0 aliphatic heterocycles. The molecular weight excluding hydrogens is 322 g/mol. The number of non-ortho nitro benzene ring substituents is 1. The SMILES string of the molecule is CC[C@H](C)c1ccc(C(=O)COC(=O)c2ccc([N+](=O)[O-])cc2)cc1. The van der Waals surface area contributed by atoms with Crippen molar-refractivity contribution in [1.82, 2.24) is 0 Å². The normalized spacial score (nSPS) is 11.6. The van der Waals surface area contributed by atoms with Crippen LogP contribution >= 0.6 is 0 Å². The monoisotopic (exact) mass is 341 g/mol. The summed E-state index contributed by atoms with van der Waals surface area (Å²) in [6.45, 7) is 3.84. The molecule has 2 aromatic rings. The van der Waals surface area contributed by atoms with Gasteiger partial charge in [-0.2, -0.15) is 0 Å². The molecule has 130 valence electrons. The second-order valence-electron chi connectivity index (χ2n) is 5.73. The van der Waals surface area contributed by atoms with Gasteiger partial charge >= 0.3 is 5.97 Å². The van der Waals surface area contributed by atoms with E-state index in [1.807, 2.05) is 12.1 Å². The standard InChI is InChI=1S/C19H19NO5/c1-3-13(2)14-4-6-15(7-5-14)18(21)12-25-19(22)16-8-10-17(11-9-16)20(23)24/h4-11,13H,3,12H2,1-2H3/t13-/m0/s1. The lowest BCUT2D eigenvalue weighted by atomic mass is 9.97. The number of Topliss-reactive ketones (excluding diaryl/α,β-unsaturated/α-hetero) is 1. The van der Waals surface area contributed by atoms with Crippen molar-refractivity contribution in [3.8, 4) is 0 Å². The second-order valence-corrected chi connectivity index (χ2v) is 5.73. The molecule has 0 N–H and O–H groups in total. The summed E-state index contributed by atoms with van der Waals surface area (Å²) in [5.74, 6) is -0.574. The van der Waals surface area contributed by atoms with E-state index in [0.29, 0.717) is 11.5 Å². The number of nitro benzene ring substituents is 1. The van der Waals surface area contributed by atoms with Crippen LogP contribution in [0, 0.1) is 10.1 Å². The Bertz CT molecular complexity index is 765. The second kappa shape index (κ2) is 8.19. The molecule has 2 rings (SSSR count). The molecule has 0 radical (unpaired) electrons. The van der Waals surface area contributed by atoms with Gasteiger partial charge in [-0.1, -0.05) is 38.1 Å². The quantitative estimate of drug-likeness (QED) is 0.327. The Morgan fingerprint density at radius 2 is 1.60 bits per heavy atom. The lowest BCUT2D eigenvalue weighted by Gasteiger charge is -2.09. The van der Waals surface area contributed by atoms with Crippen molar-refractivity contribution in [2.45, 2.75) is 26.2 Å². The van der Waals surface area contributed by atoms with E-state index in [2.05, 4.69) is 13.8 Å². The minimum atomic E-state index is -0.695. The predicted molar refractivity (Wildman–Crippen MR) is 92.9 cm³/mol. The topological polar surface area (TPSA) is 86.5 Å². The van der Waals surface area contributed by atoms with Crippen molar-refractivity contribution in [2.75, 3.05) is 6.61 Å². The Balaban J connectivity index is 1.94. The molecule has 0 saturated carbocycles. The summed E-state index contributed by atoms with van der Waals surface area (Å²) in [4.78, 5) is 34.0. The number of carbonyl (C=O) groups is 2. The predicted octanol–water partition coefficient (Wildman–Crippen LogP) is 4.15. The van der Waals surface area contributed by atoms with Crippen LogP contribution in [0.15, 0.2) is 48.5 Å². The van der Waals surface area contributed by atoms with Crippen molar-refractivity contribution in [1.29, 1.82) is 0 Å². The first-order valence-electron chi connectivity index (χ1n) is 7.97. The molecule has 0 unspecified atom stereocenters. The first-order chi connectivity index (χ1) is 11.9. The molecule has 1 atom stereocenters. The fourth-order valence-electron chi connectivity index (χ4n) is 2.25. The fourth-order valence-corrected chi connectivity index (χ4v) is 2.25. The molecule has 0 aromatic heterocycles. The van der Waals surface area contributed by atoms with E-state index < -0.39 is 10.9 Å². The van der Waals surface area contributed by atoms with Gasteiger partial charge in [-0.05, 0) is 30.0 Å². The summed E-state index contributed by atoms with van der Waals surface area (Å²) >= 11 is 0. The number of ketones is 1. The number of rotatable bonds is 7. The van der Waals surface area contributed by atoms with Gasteiger partial charge in [0, 0.05) is 17.7 Å². The van der Waals surface area contributed by atoms with E-state index in [1.165, 1.54) is 24.3 Å². The number of carbonyl (C=O) groups excluding carboxylic acids is 2. The number of nitro groups is 1. The van der Waals surface area contributed by atoms with Gasteiger partial charge in [-0.3, -0.25) is 14.9 Å². The Morgan fingerprint density at radius 3 is 2.12 bits per heavy atom. The van der Waals surface area contributed by atoms with Crippen molar-refractivity contribution in [2.24, 2.45) is 0 Å². The minimum Gasteiger partial charge on any atom is -0.454 e. The van der Waals surface area contributed by atoms with E-state index in [-0.39, 0.29) is 23.6 Å². The third kappa shape index (κ3) is 4.73. The van der Waals surface area contributed by atoms with Crippen LogP contribution in [0.4, 0.5) is 5.69 Å². The van der Waals surface area contributed by atoms with E-state index >= 15 is 0 Å². The lowest BCUT2D eigenvalue weighted by molar-refractivity contribution is -0.384. The fraction of sp³-hybridized carbons (Fsp3) is 0.263. The Morgan fingerprint density at radius 1 is 1.04 bits per heavy atom. The van der Waals surface area contributed by atoms with Crippen LogP contribution in [0.5, 0.6) is 0 Å². The number of ether oxygens (including phenoxy) is 1. The number of hydrogen-bond donors (Lipinski definition) is 0. The molecule has 2 aromatic carbocycles. The third-order valence-corrected chi connectivity index (χ3v) is 4.06. The summed E-state index contributed by atoms with van der Waals surface area (Å²) < 4.78 is 4.99. The van der Waals surface area contributed by atoms with Gasteiger partial charge < -0.3 is 4.74 Å². The van der Waals surface area contributed by atoms with Gasteiger partial charge in [0.25, 0.3) is 5.69 Å². The molecule has 6 nitrogen and oxygen atoms in total. The van der Waals surface area contributed by atoms with Crippen LogP contribution in [-0.4, -0.2) is 23.3 Å². The zero-order chi connectivity index (χ0) is 18.4. The summed E-state index contributed by atoms with van der Waals surface area (Å²) in [6, 6.07) is 12.3. The molecule has 6 heteroatoms. The van der Waals surface area contributed by atoms with Gasteiger partial charge in [0.2, 0.25) is 0 Å². The number of esters is 1. The Kier molecular flexibility index (Phi) is 6.00. The van der Waals surface area contributed by atoms with Gasteiger partial charge in [0.15, 0.2) is 12.4 Å². The number of hydrogen-bond acceptors (Lipinski definition) is 5. The molecule has 0 fully saturated rings. The highest BCUT2D eigenvalue weighted by molar-refractivity contribution is 5.99. The lowest BCUT2D eigenvalue weighted by Crippen LogP contribution is -2.14. The highest BCUT2D eigenvalue weighted by atomic mass is 16.6. The highest BCUT2D eigenvalue weighted by Crippen LogP contribution is 2.19. The largest absolute Gasteiger partial charge is 0.454 e. The van der Waals surface area contributed by atoms with Crippen molar-refractivity contribution >= 4 is 17.4 Å². The van der Waals surface area contributed by atoms with Gasteiger partial charge in [-0.25, -0.2) is 4.79 Å². The van der Waals surface area contributed by atoms with E-state index in [1.54, 1.807) is 12.1 Å². The van der Waals surface area contributed by atoms with Crippen LogP contribution in [0.2, 0.25) is 0 Å². The zero-order valence-electron chi connectivity index (χ0n) is 14.1. The zero-order valence-corrected chi connectivity index (χ0v) is 14.1. The molecule has 0 aliphatic rings. The van der Waals surface area contributed by atoms with E-state index in [0.717, 1.165) is 12.0 Å². The molecule has 0 bridgehead atoms. The first-order valence-corrected chi connectivity index (χ1v) is 7.97. The molecule has 0 amide bonds. The average molecular weight is 341 g/mol. The van der Waals surface area contributed by atoms with Gasteiger partial charge in [0.05, 0.1) is 10.5 Å². The molecular formula is C19H19NO5.